The number of alkyl halides is 2. The Labute approximate surface area is 218 Å². The minimum Gasteiger partial charge on any atom is -0.462 e. The van der Waals surface area contributed by atoms with Gasteiger partial charge in [0.1, 0.15) is 17.7 Å². The fourth-order valence-corrected chi connectivity index (χ4v) is 5.58. The van der Waals surface area contributed by atoms with Crippen LogP contribution >= 0.6 is 19.8 Å². The summed E-state index contributed by atoms with van der Waals surface area (Å²) in [5.41, 5.74) is 4.88. The topological polar surface area (TPSA) is 167 Å². The van der Waals surface area contributed by atoms with Crippen molar-refractivity contribution in [3.63, 3.8) is 0 Å². The van der Waals surface area contributed by atoms with E-state index in [1.54, 1.807) is 13.8 Å². The number of nitrogens with one attached hydrogen (secondary N) is 1. The first-order valence-corrected chi connectivity index (χ1v) is 13.9. The number of rotatable bonds is 10. The van der Waals surface area contributed by atoms with E-state index >= 15 is 4.39 Å². The van der Waals surface area contributed by atoms with E-state index in [0.717, 1.165) is 25.9 Å². The van der Waals surface area contributed by atoms with Gasteiger partial charge in [-0.15, -0.1) is 11.6 Å². The standard InChI is InChI=1S/C21H32ClFN7O6P/c1-11(2)35-19(32)12(3)28-37(33)34-9-21(8-22)15(31)13(23)18(36-21)30-10-25-14-16(29-6-4-5-7-29)26-20(24)27-17(14)30/h10-13,15,18,31,37H,4-9H2,1-3H3,(H,28,33)(H2,24,26,27)/t12-,13-,15-,18+,21+/m0/s1. The Hall–Kier alpha value is -2.09. The first-order chi connectivity index (χ1) is 17.6. The Morgan fingerprint density at radius 2 is 2.11 bits per heavy atom. The largest absolute Gasteiger partial charge is 0.462 e. The van der Waals surface area contributed by atoms with Crippen LogP contribution in [0.4, 0.5) is 16.2 Å². The van der Waals surface area contributed by atoms with Crippen LogP contribution in [-0.2, 0) is 23.4 Å². The summed E-state index contributed by atoms with van der Waals surface area (Å²) in [4.78, 5) is 26.9. The highest BCUT2D eigenvalue weighted by Crippen LogP contribution is 2.43. The maximum absolute atomic E-state index is 15.4. The van der Waals surface area contributed by atoms with Crippen molar-refractivity contribution in [1.29, 1.82) is 0 Å². The molecule has 0 amide bonds. The summed E-state index contributed by atoms with van der Waals surface area (Å²) in [5.74, 6) is -0.429. The minimum atomic E-state index is -3.00. The van der Waals surface area contributed by atoms with Gasteiger partial charge in [0.2, 0.25) is 5.95 Å². The van der Waals surface area contributed by atoms with Gasteiger partial charge < -0.3 is 29.7 Å². The molecule has 1 unspecified atom stereocenters. The molecular formula is C21H32ClFN7O6P. The molecule has 0 aliphatic carbocycles. The number of imidazole rings is 1. The lowest BCUT2D eigenvalue weighted by Crippen LogP contribution is -2.47. The number of aromatic nitrogens is 4. The summed E-state index contributed by atoms with van der Waals surface area (Å²) in [6, 6.07) is -0.913. The number of carbonyl (C=O) groups excluding carboxylic acids is 1. The van der Waals surface area contributed by atoms with Crippen molar-refractivity contribution in [3.05, 3.63) is 6.33 Å². The lowest BCUT2D eigenvalue weighted by Gasteiger charge is -2.29. The maximum atomic E-state index is 15.4. The zero-order valence-corrected chi connectivity index (χ0v) is 22.5. The van der Waals surface area contributed by atoms with Crippen LogP contribution in [0.15, 0.2) is 6.33 Å². The van der Waals surface area contributed by atoms with Crippen LogP contribution < -0.4 is 15.7 Å². The van der Waals surface area contributed by atoms with E-state index in [-0.39, 0.29) is 23.6 Å². The fraction of sp³-hybridized carbons (Fsp3) is 0.714. The number of halogens is 2. The molecular weight excluding hydrogens is 532 g/mol. The Bertz CT molecular complexity index is 1150. The quantitative estimate of drug-likeness (QED) is 0.217. The summed E-state index contributed by atoms with van der Waals surface area (Å²) < 4.78 is 45.5. The van der Waals surface area contributed by atoms with Gasteiger partial charge in [-0.05, 0) is 33.6 Å². The van der Waals surface area contributed by atoms with E-state index in [0.29, 0.717) is 11.3 Å². The predicted molar refractivity (Wildman–Crippen MR) is 134 cm³/mol. The second kappa shape index (κ2) is 11.3. The highest BCUT2D eigenvalue weighted by atomic mass is 35.5. The highest BCUT2D eigenvalue weighted by molar-refractivity contribution is 7.36. The summed E-state index contributed by atoms with van der Waals surface area (Å²) in [7, 11) is -3.00. The molecule has 206 valence electrons. The average Bonchev–Trinajstić information content (AvgIpc) is 3.57. The number of nitrogens with zero attached hydrogens (tertiary/aromatic N) is 5. The molecule has 4 heterocycles. The number of hydrogen-bond donors (Lipinski definition) is 3. The van der Waals surface area contributed by atoms with E-state index in [4.69, 9.17) is 31.3 Å². The van der Waals surface area contributed by atoms with Crippen LogP contribution in [0.2, 0.25) is 0 Å². The van der Waals surface area contributed by atoms with Gasteiger partial charge in [-0.3, -0.25) is 13.9 Å². The number of nitrogen functional groups attached to an aromatic ring is 1. The SMILES string of the molecule is CC(C)OC(=O)[C@H](C)N[PH](=O)OC[C@@]1(CCl)O[C@@H](n2cnc3c(N4CCCC4)nc(N)nc32)[C@@H](F)[C@@H]1O. The molecule has 2 saturated heterocycles. The summed E-state index contributed by atoms with van der Waals surface area (Å²) in [5, 5.41) is 13.3. The van der Waals surface area contributed by atoms with Crippen LogP contribution in [0, 0.1) is 0 Å². The van der Waals surface area contributed by atoms with Crippen molar-refractivity contribution in [1.82, 2.24) is 24.6 Å². The first-order valence-electron chi connectivity index (χ1n) is 12.0. The van der Waals surface area contributed by atoms with Crippen molar-refractivity contribution in [3.8, 4) is 0 Å². The van der Waals surface area contributed by atoms with Gasteiger partial charge in [-0.1, -0.05) is 0 Å². The third kappa shape index (κ3) is 5.69. The third-order valence-electron chi connectivity index (χ3n) is 6.28. The molecule has 6 atom stereocenters. The number of aliphatic hydroxyl groups is 1. The number of aliphatic hydroxyl groups excluding tert-OH is 1. The Morgan fingerprint density at radius 3 is 2.76 bits per heavy atom. The molecule has 16 heteroatoms. The Balaban J connectivity index is 1.51. The molecule has 13 nitrogen and oxygen atoms in total. The van der Waals surface area contributed by atoms with Gasteiger partial charge in [0.15, 0.2) is 29.4 Å². The maximum Gasteiger partial charge on any atom is 0.323 e. The third-order valence-corrected chi connectivity index (χ3v) is 7.81. The molecule has 0 spiro atoms. The lowest BCUT2D eigenvalue weighted by molar-refractivity contribution is -0.149. The van der Waals surface area contributed by atoms with Gasteiger partial charge in [0.05, 0.1) is 24.9 Å². The molecule has 4 rings (SSSR count). The molecule has 2 aromatic heterocycles. The van der Waals surface area contributed by atoms with Crippen molar-refractivity contribution < 1.29 is 32.9 Å². The van der Waals surface area contributed by atoms with Gasteiger partial charge in [-0.25, -0.2) is 14.5 Å². The van der Waals surface area contributed by atoms with Gasteiger partial charge >= 0.3 is 5.97 Å². The van der Waals surface area contributed by atoms with E-state index in [1.807, 2.05) is 4.90 Å². The van der Waals surface area contributed by atoms with E-state index in [2.05, 4.69) is 20.0 Å². The molecule has 2 fully saturated rings. The molecule has 2 aliphatic heterocycles. The number of hydrogen-bond acceptors (Lipinski definition) is 11. The van der Waals surface area contributed by atoms with Crippen LogP contribution in [-0.4, -0.2) is 86.2 Å². The van der Waals surface area contributed by atoms with Crippen LogP contribution in [0.25, 0.3) is 11.2 Å². The van der Waals surface area contributed by atoms with Crippen molar-refractivity contribution in [2.45, 2.75) is 69.9 Å². The molecule has 2 aromatic rings. The number of nitrogens with two attached hydrogens (primary N) is 1. The van der Waals surface area contributed by atoms with Gasteiger partial charge in [-0.2, -0.15) is 9.97 Å². The number of ether oxygens (including phenoxy) is 2. The minimum absolute atomic E-state index is 0.00757. The number of carbonyl (C=O) groups is 1. The second-order valence-electron chi connectivity index (χ2n) is 9.45. The molecule has 0 bridgehead atoms. The molecule has 4 N–H and O–H groups in total. The molecule has 37 heavy (non-hydrogen) atoms. The van der Waals surface area contributed by atoms with Gasteiger partial charge in [0, 0.05) is 13.1 Å². The van der Waals surface area contributed by atoms with E-state index in [1.165, 1.54) is 17.8 Å². The first kappa shape index (κ1) is 27.9. The smallest absolute Gasteiger partial charge is 0.323 e. The number of fused-ring (bicyclic) bond motifs is 1. The molecule has 0 saturated carbocycles. The van der Waals surface area contributed by atoms with E-state index < -0.39 is 50.9 Å². The van der Waals surface area contributed by atoms with Crippen molar-refractivity contribution in [2.24, 2.45) is 0 Å². The second-order valence-corrected chi connectivity index (χ2v) is 10.9. The van der Waals surface area contributed by atoms with Crippen molar-refractivity contribution in [2.75, 3.05) is 36.2 Å². The van der Waals surface area contributed by atoms with Crippen LogP contribution in [0.5, 0.6) is 0 Å². The van der Waals surface area contributed by atoms with Crippen molar-refractivity contribution >= 4 is 48.7 Å². The lowest BCUT2D eigenvalue weighted by atomic mass is 9.99. The van der Waals surface area contributed by atoms with Gasteiger partial charge in [0.25, 0.3) is 8.18 Å². The highest BCUT2D eigenvalue weighted by Gasteiger charge is 2.56. The zero-order valence-electron chi connectivity index (χ0n) is 20.8. The fourth-order valence-electron chi connectivity index (χ4n) is 4.35. The Morgan fingerprint density at radius 1 is 1.41 bits per heavy atom. The van der Waals surface area contributed by atoms with Crippen LogP contribution in [0.1, 0.15) is 39.8 Å². The average molecular weight is 564 g/mol. The van der Waals surface area contributed by atoms with Crippen LogP contribution in [0.3, 0.4) is 0 Å². The monoisotopic (exact) mass is 563 g/mol. The number of anilines is 2. The molecule has 0 aromatic carbocycles. The molecule has 0 radical (unpaired) electrons. The molecule has 2 aliphatic rings. The summed E-state index contributed by atoms with van der Waals surface area (Å²) in [6.07, 6.45) is -2.01. The normalized spacial score (nSPS) is 27.8. The number of esters is 1. The Kier molecular flexibility index (Phi) is 8.56. The summed E-state index contributed by atoms with van der Waals surface area (Å²) in [6.45, 7) is 5.92. The zero-order chi connectivity index (χ0) is 26.9. The summed E-state index contributed by atoms with van der Waals surface area (Å²) >= 11 is 6.11. The predicted octanol–water partition coefficient (Wildman–Crippen LogP) is 1.55. The van der Waals surface area contributed by atoms with E-state index in [9.17, 15) is 14.5 Å².